The average molecular weight is 575 g/mol. The summed E-state index contributed by atoms with van der Waals surface area (Å²) < 4.78 is 32.8. The number of anilines is 1. The van der Waals surface area contributed by atoms with Crippen molar-refractivity contribution in [3.8, 4) is 22.8 Å². The number of pyridine rings is 1. The minimum atomic E-state index is -0.701. The third-order valence-electron chi connectivity index (χ3n) is 7.68. The van der Waals surface area contributed by atoms with Crippen LogP contribution in [0.1, 0.15) is 44.0 Å². The van der Waals surface area contributed by atoms with E-state index in [1.54, 1.807) is 30.6 Å². The Morgan fingerprint density at radius 1 is 1.15 bits per heavy atom. The standard InChI is InChI=1S/C28H32ClFN4O6/c1-28(2,3)40-27(37)32-9-10-34-15(11-32)14-38-24-21(26(34)36)25(33-12-16-7-8-17(13-33)39-16)31-23(22(24)29)20-18(30)5-4-6-19(20)35/h4-6,15-17,35H,7-14H2,1-3H3/t15-,16?,17?/m1/s1. The molecule has 1 N–H and O–H groups in total. The number of halogens is 2. The first-order valence-electron chi connectivity index (χ1n) is 13.5. The summed E-state index contributed by atoms with van der Waals surface area (Å²) in [6.07, 6.45) is 1.32. The molecule has 2 bridgehead atoms. The second-order valence-electron chi connectivity index (χ2n) is 11.7. The molecular formula is C28H32ClFN4O6. The summed E-state index contributed by atoms with van der Waals surface area (Å²) in [6, 6.07) is 3.50. The number of benzene rings is 1. The van der Waals surface area contributed by atoms with Gasteiger partial charge in [0, 0.05) is 32.7 Å². The molecule has 3 saturated heterocycles. The number of piperazine rings is 1. The lowest BCUT2D eigenvalue weighted by Crippen LogP contribution is -2.58. The van der Waals surface area contributed by atoms with Gasteiger partial charge in [-0.2, -0.15) is 0 Å². The zero-order chi connectivity index (χ0) is 28.3. The van der Waals surface area contributed by atoms with Crippen molar-refractivity contribution in [3.63, 3.8) is 0 Å². The van der Waals surface area contributed by atoms with Gasteiger partial charge < -0.3 is 34.0 Å². The lowest BCUT2D eigenvalue weighted by atomic mass is 10.0. The van der Waals surface area contributed by atoms with Gasteiger partial charge in [0.15, 0.2) is 5.75 Å². The zero-order valence-corrected chi connectivity index (χ0v) is 23.4. The maximum absolute atomic E-state index is 15.0. The molecule has 2 unspecified atom stereocenters. The maximum Gasteiger partial charge on any atom is 0.410 e. The molecular weight excluding hydrogens is 543 g/mol. The molecule has 0 aliphatic carbocycles. The number of amides is 2. The summed E-state index contributed by atoms with van der Waals surface area (Å²) in [5.74, 6) is -0.946. The Kier molecular flexibility index (Phi) is 6.69. The number of phenolic OH excluding ortho intramolecular Hbond substituents is 1. The van der Waals surface area contributed by atoms with Gasteiger partial charge in [-0.05, 0) is 45.7 Å². The highest BCUT2D eigenvalue weighted by Crippen LogP contribution is 2.46. The summed E-state index contributed by atoms with van der Waals surface area (Å²) in [7, 11) is 0. The Hall–Kier alpha value is -3.31. The number of carbonyl (C=O) groups is 2. The van der Waals surface area contributed by atoms with E-state index in [0.29, 0.717) is 25.5 Å². The summed E-state index contributed by atoms with van der Waals surface area (Å²) in [4.78, 5) is 36.9. The van der Waals surface area contributed by atoms with Crippen molar-refractivity contribution in [1.82, 2.24) is 14.8 Å². The first-order valence-corrected chi connectivity index (χ1v) is 13.9. The summed E-state index contributed by atoms with van der Waals surface area (Å²) >= 11 is 6.81. The number of hydrogen-bond donors (Lipinski definition) is 1. The lowest BCUT2D eigenvalue weighted by Gasteiger charge is -2.40. The molecule has 3 fully saturated rings. The van der Waals surface area contributed by atoms with Gasteiger partial charge >= 0.3 is 6.09 Å². The van der Waals surface area contributed by atoms with E-state index < -0.39 is 23.6 Å². The van der Waals surface area contributed by atoms with Crippen molar-refractivity contribution in [1.29, 1.82) is 0 Å². The van der Waals surface area contributed by atoms with Gasteiger partial charge in [-0.3, -0.25) is 4.79 Å². The predicted molar refractivity (Wildman–Crippen MR) is 145 cm³/mol. The van der Waals surface area contributed by atoms with Gasteiger partial charge in [0.1, 0.15) is 45.9 Å². The minimum Gasteiger partial charge on any atom is -0.507 e. The molecule has 4 aliphatic heterocycles. The van der Waals surface area contributed by atoms with Gasteiger partial charge in [0.05, 0.1) is 23.8 Å². The molecule has 12 heteroatoms. The van der Waals surface area contributed by atoms with Crippen LogP contribution < -0.4 is 9.64 Å². The number of rotatable bonds is 2. The number of aromatic hydroxyl groups is 1. The van der Waals surface area contributed by atoms with Crippen LogP contribution in [0, 0.1) is 5.82 Å². The SMILES string of the molecule is CC(C)(C)OC(=O)N1CCN2C(=O)c3c(N4CC5CCC(C4)O5)nc(-c4c(O)cccc4F)c(Cl)c3OC[C@H]2C1. The topological polar surface area (TPSA) is 105 Å². The van der Waals surface area contributed by atoms with E-state index in [4.69, 9.17) is 30.8 Å². The normalized spacial score (nSPS) is 24.3. The number of morpholine rings is 1. The van der Waals surface area contributed by atoms with Gasteiger partial charge in [-0.1, -0.05) is 17.7 Å². The third-order valence-corrected chi connectivity index (χ3v) is 8.03. The van der Waals surface area contributed by atoms with E-state index in [9.17, 15) is 14.7 Å². The fraction of sp³-hybridized carbons (Fsp3) is 0.536. The number of fused-ring (bicyclic) bond motifs is 4. The van der Waals surface area contributed by atoms with E-state index in [1.165, 1.54) is 18.2 Å². The van der Waals surface area contributed by atoms with Crippen LogP contribution >= 0.6 is 11.6 Å². The fourth-order valence-corrected chi connectivity index (χ4v) is 6.15. The second kappa shape index (κ2) is 9.95. The largest absolute Gasteiger partial charge is 0.507 e. The molecule has 0 saturated carbocycles. The molecule has 214 valence electrons. The molecule has 0 spiro atoms. The van der Waals surface area contributed by atoms with E-state index in [-0.39, 0.29) is 71.2 Å². The maximum atomic E-state index is 15.0. The molecule has 40 heavy (non-hydrogen) atoms. The Morgan fingerprint density at radius 2 is 1.88 bits per heavy atom. The molecule has 10 nitrogen and oxygen atoms in total. The highest BCUT2D eigenvalue weighted by molar-refractivity contribution is 6.35. The molecule has 2 amide bonds. The highest BCUT2D eigenvalue weighted by Gasteiger charge is 2.43. The van der Waals surface area contributed by atoms with E-state index >= 15 is 4.39 Å². The highest BCUT2D eigenvalue weighted by atomic mass is 35.5. The number of carbonyl (C=O) groups excluding carboxylic acids is 2. The van der Waals surface area contributed by atoms with Gasteiger partial charge in [-0.25, -0.2) is 14.2 Å². The van der Waals surface area contributed by atoms with Crippen LogP contribution in [0.15, 0.2) is 18.2 Å². The quantitative estimate of drug-likeness (QED) is 0.572. The smallest absolute Gasteiger partial charge is 0.410 e. The number of phenols is 1. The van der Waals surface area contributed by atoms with E-state index in [1.807, 2.05) is 4.90 Å². The monoisotopic (exact) mass is 574 g/mol. The Morgan fingerprint density at radius 3 is 2.55 bits per heavy atom. The molecule has 1 aromatic heterocycles. The molecule has 1 aromatic carbocycles. The van der Waals surface area contributed by atoms with E-state index in [0.717, 1.165) is 12.8 Å². The Balaban J connectivity index is 1.42. The summed E-state index contributed by atoms with van der Waals surface area (Å²) in [5, 5.41) is 10.5. The molecule has 6 rings (SSSR count). The summed E-state index contributed by atoms with van der Waals surface area (Å²) in [6.45, 7) is 7.25. The van der Waals surface area contributed by atoms with Crippen molar-refractivity contribution in [3.05, 3.63) is 34.6 Å². The van der Waals surface area contributed by atoms with Crippen LogP contribution in [-0.4, -0.2) is 95.1 Å². The second-order valence-corrected chi connectivity index (χ2v) is 12.1. The number of aromatic nitrogens is 1. The third kappa shape index (κ3) is 4.79. The molecule has 5 heterocycles. The average Bonchev–Trinajstić information content (AvgIpc) is 3.15. The van der Waals surface area contributed by atoms with Gasteiger partial charge in [-0.15, -0.1) is 0 Å². The summed E-state index contributed by atoms with van der Waals surface area (Å²) in [5.41, 5.74) is -0.630. The van der Waals surface area contributed by atoms with E-state index in [2.05, 4.69) is 0 Å². The van der Waals surface area contributed by atoms with Crippen LogP contribution in [0.4, 0.5) is 15.0 Å². The first kappa shape index (κ1) is 26.9. The number of ether oxygens (including phenoxy) is 3. The number of hydrogen-bond acceptors (Lipinski definition) is 8. The van der Waals surface area contributed by atoms with Crippen LogP contribution in [0.5, 0.6) is 11.5 Å². The molecule has 0 radical (unpaired) electrons. The minimum absolute atomic E-state index is 0.00657. The predicted octanol–water partition coefficient (Wildman–Crippen LogP) is 4.07. The van der Waals surface area contributed by atoms with Crippen molar-refractivity contribution in [2.75, 3.05) is 44.2 Å². The molecule has 2 aromatic rings. The molecule has 3 atom stereocenters. The van der Waals surface area contributed by atoms with Crippen molar-refractivity contribution >= 4 is 29.4 Å². The van der Waals surface area contributed by atoms with Crippen molar-refractivity contribution in [2.45, 2.75) is 57.5 Å². The van der Waals surface area contributed by atoms with Gasteiger partial charge in [0.2, 0.25) is 0 Å². The van der Waals surface area contributed by atoms with Crippen molar-refractivity contribution in [2.24, 2.45) is 0 Å². The van der Waals surface area contributed by atoms with Gasteiger partial charge in [0.25, 0.3) is 5.91 Å². The Bertz CT molecular complexity index is 1340. The lowest BCUT2D eigenvalue weighted by molar-refractivity contribution is 0.000948. The Labute approximate surface area is 236 Å². The van der Waals surface area contributed by atoms with Crippen LogP contribution in [-0.2, 0) is 9.47 Å². The van der Waals surface area contributed by atoms with Crippen LogP contribution in [0.3, 0.4) is 0 Å². The fourth-order valence-electron chi connectivity index (χ4n) is 5.87. The molecule has 4 aliphatic rings. The van der Waals surface area contributed by atoms with Crippen LogP contribution in [0.25, 0.3) is 11.3 Å². The number of nitrogens with zero attached hydrogens (tertiary/aromatic N) is 4. The first-order chi connectivity index (χ1) is 19.0. The van der Waals surface area contributed by atoms with Crippen molar-refractivity contribution < 1.29 is 33.3 Å². The zero-order valence-electron chi connectivity index (χ0n) is 22.7. The van der Waals surface area contributed by atoms with Crippen LogP contribution in [0.2, 0.25) is 5.02 Å².